The number of hydrogen-bond acceptors (Lipinski definition) is 3. The Hall–Kier alpha value is -1.88. The van der Waals surface area contributed by atoms with Crippen LogP contribution in [0, 0.1) is 12.8 Å². The number of nitrogens with zero attached hydrogens (tertiary/aromatic N) is 1. The molecule has 1 aliphatic carbocycles. The SMILES string of the molecule is Cc1nc2ccc(NC(=O)C3CC4CCCCC4N3)cc2[nH]1. The fourth-order valence-corrected chi connectivity index (χ4v) is 3.97. The first kappa shape index (κ1) is 13.8. The molecule has 1 aromatic carbocycles. The Morgan fingerprint density at radius 3 is 3.05 bits per heavy atom. The van der Waals surface area contributed by atoms with Gasteiger partial charge in [-0.15, -0.1) is 0 Å². The molecule has 0 bridgehead atoms. The zero-order chi connectivity index (χ0) is 15.1. The number of carbonyl (C=O) groups excluding carboxylic acids is 1. The van der Waals surface area contributed by atoms with Gasteiger partial charge in [0.1, 0.15) is 5.82 Å². The van der Waals surface area contributed by atoms with Crippen molar-refractivity contribution in [1.29, 1.82) is 0 Å². The molecule has 1 aliphatic heterocycles. The van der Waals surface area contributed by atoms with Crippen molar-refractivity contribution in [2.45, 2.75) is 51.1 Å². The Bertz CT molecular complexity index is 694. The van der Waals surface area contributed by atoms with Crippen molar-refractivity contribution in [3.05, 3.63) is 24.0 Å². The van der Waals surface area contributed by atoms with Crippen LogP contribution in [0.15, 0.2) is 18.2 Å². The van der Waals surface area contributed by atoms with Crippen LogP contribution in [0.4, 0.5) is 5.69 Å². The molecule has 1 aromatic heterocycles. The number of benzene rings is 1. The number of aryl methyl sites for hydroxylation is 1. The van der Waals surface area contributed by atoms with Crippen LogP contribution in [-0.4, -0.2) is 28.0 Å². The predicted octanol–water partition coefficient (Wildman–Crippen LogP) is 2.73. The van der Waals surface area contributed by atoms with Gasteiger partial charge in [-0.05, 0) is 50.3 Å². The van der Waals surface area contributed by atoms with Gasteiger partial charge in [0, 0.05) is 11.7 Å². The van der Waals surface area contributed by atoms with Gasteiger partial charge in [0.2, 0.25) is 5.91 Å². The van der Waals surface area contributed by atoms with Gasteiger partial charge in [-0.1, -0.05) is 12.8 Å². The van der Waals surface area contributed by atoms with E-state index in [0.29, 0.717) is 12.0 Å². The lowest BCUT2D eigenvalue weighted by Crippen LogP contribution is -2.39. The van der Waals surface area contributed by atoms with E-state index in [0.717, 1.165) is 29.0 Å². The molecule has 1 amide bonds. The number of fused-ring (bicyclic) bond motifs is 2. The van der Waals surface area contributed by atoms with Gasteiger partial charge in [0.05, 0.1) is 17.1 Å². The van der Waals surface area contributed by atoms with E-state index in [1.807, 2.05) is 25.1 Å². The molecule has 2 aromatic rings. The van der Waals surface area contributed by atoms with Crippen LogP contribution in [0.1, 0.15) is 37.9 Å². The van der Waals surface area contributed by atoms with E-state index in [9.17, 15) is 4.79 Å². The average Bonchev–Trinajstić information content (AvgIpc) is 3.08. The number of H-pyrrole nitrogens is 1. The maximum absolute atomic E-state index is 12.5. The minimum atomic E-state index is -0.0488. The van der Waals surface area contributed by atoms with E-state index in [4.69, 9.17) is 0 Å². The number of carbonyl (C=O) groups is 1. The quantitative estimate of drug-likeness (QED) is 0.798. The van der Waals surface area contributed by atoms with Crippen molar-refractivity contribution in [2.75, 3.05) is 5.32 Å². The number of imidazole rings is 1. The van der Waals surface area contributed by atoms with E-state index in [2.05, 4.69) is 20.6 Å². The number of anilines is 1. The highest BCUT2D eigenvalue weighted by Crippen LogP contribution is 2.33. The second-order valence-corrected chi connectivity index (χ2v) is 6.65. The minimum Gasteiger partial charge on any atom is -0.342 e. The van der Waals surface area contributed by atoms with E-state index in [1.165, 1.54) is 25.7 Å². The highest BCUT2D eigenvalue weighted by atomic mass is 16.2. The molecule has 1 saturated carbocycles. The standard InChI is InChI=1S/C17H22N4O/c1-10-18-14-7-6-12(9-15(14)19-10)20-17(22)16-8-11-4-2-3-5-13(11)21-16/h6-7,9,11,13,16,21H,2-5,8H2,1H3,(H,18,19)(H,20,22). The zero-order valence-corrected chi connectivity index (χ0v) is 12.9. The maximum Gasteiger partial charge on any atom is 0.241 e. The van der Waals surface area contributed by atoms with Crippen LogP contribution in [0.2, 0.25) is 0 Å². The van der Waals surface area contributed by atoms with Crippen molar-refractivity contribution >= 4 is 22.6 Å². The molecule has 2 fully saturated rings. The molecular weight excluding hydrogens is 276 g/mol. The second kappa shape index (κ2) is 5.39. The van der Waals surface area contributed by atoms with Crippen molar-refractivity contribution in [2.24, 2.45) is 5.92 Å². The third-order valence-electron chi connectivity index (χ3n) is 5.05. The molecule has 2 aliphatic rings. The molecule has 5 nitrogen and oxygen atoms in total. The molecule has 0 spiro atoms. The smallest absolute Gasteiger partial charge is 0.241 e. The number of aromatic nitrogens is 2. The lowest BCUT2D eigenvalue weighted by atomic mass is 9.85. The van der Waals surface area contributed by atoms with Crippen LogP contribution in [-0.2, 0) is 4.79 Å². The zero-order valence-electron chi connectivity index (χ0n) is 12.9. The number of hydrogen-bond donors (Lipinski definition) is 3. The largest absolute Gasteiger partial charge is 0.342 e. The normalized spacial score (nSPS) is 27.8. The summed E-state index contributed by atoms with van der Waals surface area (Å²) in [6.45, 7) is 1.93. The molecule has 2 heterocycles. The maximum atomic E-state index is 12.5. The first-order valence-corrected chi connectivity index (χ1v) is 8.22. The fraction of sp³-hybridized carbons (Fsp3) is 0.529. The van der Waals surface area contributed by atoms with Crippen molar-refractivity contribution in [3.8, 4) is 0 Å². The molecule has 116 valence electrons. The highest BCUT2D eigenvalue weighted by molar-refractivity contribution is 5.96. The Morgan fingerprint density at radius 2 is 2.18 bits per heavy atom. The lowest BCUT2D eigenvalue weighted by molar-refractivity contribution is -0.117. The fourth-order valence-electron chi connectivity index (χ4n) is 3.97. The summed E-state index contributed by atoms with van der Waals surface area (Å²) in [6, 6.07) is 6.31. The summed E-state index contributed by atoms with van der Waals surface area (Å²) in [5.74, 6) is 1.66. The van der Waals surface area contributed by atoms with Gasteiger partial charge >= 0.3 is 0 Å². The Kier molecular flexibility index (Phi) is 3.37. The minimum absolute atomic E-state index is 0.0488. The monoisotopic (exact) mass is 298 g/mol. The number of aromatic amines is 1. The van der Waals surface area contributed by atoms with Crippen LogP contribution in [0.3, 0.4) is 0 Å². The Morgan fingerprint density at radius 1 is 1.32 bits per heavy atom. The van der Waals surface area contributed by atoms with Crippen molar-refractivity contribution in [3.63, 3.8) is 0 Å². The van der Waals surface area contributed by atoms with Gasteiger partial charge < -0.3 is 15.6 Å². The first-order chi connectivity index (χ1) is 10.7. The molecular formula is C17H22N4O. The molecule has 22 heavy (non-hydrogen) atoms. The molecule has 1 saturated heterocycles. The summed E-state index contributed by atoms with van der Waals surface area (Å²) in [5, 5.41) is 6.57. The molecule has 4 rings (SSSR count). The molecule has 5 heteroatoms. The predicted molar refractivity (Wildman–Crippen MR) is 86.7 cm³/mol. The van der Waals surface area contributed by atoms with Crippen LogP contribution >= 0.6 is 0 Å². The summed E-state index contributed by atoms with van der Waals surface area (Å²) < 4.78 is 0. The van der Waals surface area contributed by atoms with Gasteiger partial charge in [-0.25, -0.2) is 4.98 Å². The lowest BCUT2D eigenvalue weighted by Gasteiger charge is -2.24. The Labute approximate surface area is 129 Å². The van der Waals surface area contributed by atoms with E-state index >= 15 is 0 Å². The van der Waals surface area contributed by atoms with E-state index in [1.54, 1.807) is 0 Å². The average molecular weight is 298 g/mol. The molecule has 3 N–H and O–H groups in total. The van der Waals surface area contributed by atoms with Gasteiger partial charge in [-0.3, -0.25) is 4.79 Å². The summed E-state index contributed by atoms with van der Waals surface area (Å²) in [5.41, 5.74) is 2.72. The highest BCUT2D eigenvalue weighted by Gasteiger charge is 2.38. The summed E-state index contributed by atoms with van der Waals surface area (Å²) in [7, 11) is 0. The third kappa shape index (κ3) is 2.50. The third-order valence-corrected chi connectivity index (χ3v) is 5.05. The number of amides is 1. The molecule has 3 unspecified atom stereocenters. The number of rotatable bonds is 2. The summed E-state index contributed by atoms with van der Waals surface area (Å²) >= 11 is 0. The van der Waals surface area contributed by atoms with Crippen LogP contribution in [0.25, 0.3) is 11.0 Å². The van der Waals surface area contributed by atoms with E-state index in [-0.39, 0.29) is 11.9 Å². The molecule has 3 atom stereocenters. The van der Waals surface area contributed by atoms with Crippen LogP contribution < -0.4 is 10.6 Å². The Balaban J connectivity index is 1.46. The van der Waals surface area contributed by atoms with Gasteiger partial charge in [0.15, 0.2) is 0 Å². The number of nitrogens with one attached hydrogen (secondary N) is 3. The van der Waals surface area contributed by atoms with Crippen molar-refractivity contribution < 1.29 is 4.79 Å². The second-order valence-electron chi connectivity index (χ2n) is 6.65. The first-order valence-electron chi connectivity index (χ1n) is 8.22. The van der Waals surface area contributed by atoms with Gasteiger partial charge in [0.25, 0.3) is 0 Å². The van der Waals surface area contributed by atoms with E-state index < -0.39 is 0 Å². The van der Waals surface area contributed by atoms with Crippen molar-refractivity contribution in [1.82, 2.24) is 15.3 Å². The molecule has 0 radical (unpaired) electrons. The summed E-state index contributed by atoms with van der Waals surface area (Å²) in [6.07, 6.45) is 6.06. The van der Waals surface area contributed by atoms with Gasteiger partial charge in [-0.2, -0.15) is 0 Å². The topological polar surface area (TPSA) is 69.8 Å². The summed E-state index contributed by atoms with van der Waals surface area (Å²) in [4.78, 5) is 20.1. The van der Waals surface area contributed by atoms with Crippen LogP contribution in [0.5, 0.6) is 0 Å².